The van der Waals surface area contributed by atoms with Crippen LogP contribution in [0.25, 0.3) is 16.6 Å². The number of pyridine rings is 1. The molecule has 0 aliphatic heterocycles. The van der Waals surface area contributed by atoms with Gasteiger partial charge in [-0.1, -0.05) is 0 Å². The molecular weight excluding hydrogens is 453 g/mol. The molecule has 4 rings (SSSR count). The van der Waals surface area contributed by atoms with Crippen LogP contribution in [0.1, 0.15) is 22.3 Å². The fourth-order valence-corrected chi connectivity index (χ4v) is 3.53. The number of fused-ring (bicyclic) bond motifs is 1. The lowest BCUT2D eigenvalue weighted by Gasteiger charge is -2.14. The number of carboxylic acid groups (broad SMARTS) is 1. The molecule has 3 aromatic carbocycles. The molecule has 1 heterocycles. The van der Waals surface area contributed by atoms with Crippen molar-refractivity contribution in [2.45, 2.75) is 6.42 Å². The Kier molecular flexibility index (Phi) is 6.77. The van der Waals surface area contributed by atoms with Gasteiger partial charge in [-0.05, 0) is 60.7 Å². The Morgan fingerprint density at radius 2 is 1.60 bits per heavy atom. The van der Waals surface area contributed by atoms with Gasteiger partial charge < -0.3 is 24.9 Å². The van der Waals surface area contributed by atoms with Crippen LogP contribution in [0, 0.1) is 11.2 Å². The van der Waals surface area contributed by atoms with Crippen LogP contribution in [0.5, 0.6) is 11.5 Å². The smallest absolute Gasteiger partial charge is 0.341 e. The van der Waals surface area contributed by atoms with E-state index in [-0.39, 0.29) is 16.8 Å². The number of nitrogens with two attached hydrogens (primary N) is 1. The van der Waals surface area contributed by atoms with Gasteiger partial charge in [0.15, 0.2) is 0 Å². The number of carboxylic acids is 1. The summed E-state index contributed by atoms with van der Waals surface area (Å²) in [6.45, 7) is 0.736. The molecule has 0 unspecified atom stereocenters. The van der Waals surface area contributed by atoms with Crippen molar-refractivity contribution in [3.05, 3.63) is 100 Å². The van der Waals surface area contributed by atoms with Gasteiger partial charge >= 0.3 is 5.97 Å². The lowest BCUT2D eigenvalue weighted by molar-refractivity contribution is 0.0695. The van der Waals surface area contributed by atoms with Crippen molar-refractivity contribution in [3.8, 4) is 17.2 Å². The van der Waals surface area contributed by atoms with E-state index in [1.807, 2.05) is 0 Å². The quantitative estimate of drug-likeness (QED) is 0.191. The summed E-state index contributed by atoms with van der Waals surface area (Å²) in [5.41, 5.74) is 6.00. The lowest BCUT2D eigenvalue weighted by atomic mass is 10.1. The third-order valence-corrected chi connectivity index (χ3v) is 5.30. The first kappa shape index (κ1) is 23.5. The van der Waals surface area contributed by atoms with E-state index >= 15 is 0 Å². The number of ether oxygens (including phenoxy) is 2. The van der Waals surface area contributed by atoms with E-state index in [4.69, 9.17) is 20.6 Å². The Bertz CT molecular complexity index is 1450. The molecular formula is C26H22FN3O5. The predicted molar refractivity (Wildman–Crippen MR) is 130 cm³/mol. The number of halogens is 1. The molecule has 9 heteroatoms. The van der Waals surface area contributed by atoms with Crippen LogP contribution < -0.4 is 20.6 Å². The summed E-state index contributed by atoms with van der Waals surface area (Å²) < 4.78 is 26.4. The topological polar surface area (TPSA) is 128 Å². The van der Waals surface area contributed by atoms with E-state index in [0.717, 1.165) is 0 Å². The molecule has 4 N–H and O–H groups in total. The van der Waals surface area contributed by atoms with Gasteiger partial charge in [-0.2, -0.15) is 0 Å². The van der Waals surface area contributed by atoms with Gasteiger partial charge in [0.2, 0.25) is 5.43 Å². The Labute approximate surface area is 199 Å². The number of nitrogens with one attached hydrogen (secondary N) is 1. The van der Waals surface area contributed by atoms with Crippen LogP contribution in [-0.2, 0) is 0 Å². The number of aromatic nitrogens is 1. The summed E-state index contributed by atoms with van der Waals surface area (Å²) in [6.07, 6.45) is 1.81. The second-order valence-electron chi connectivity index (χ2n) is 7.69. The minimum atomic E-state index is -1.34. The van der Waals surface area contributed by atoms with E-state index in [1.54, 1.807) is 36.4 Å². The molecule has 4 aromatic rings. The largest absolute Gasteiger partial charge is 0.493 e. The van der Waals surface area contributed by atoms with Gasteiger partial charge in [0.05, 0.1) is 18.7 Å². The highest BCUT2D eigenvalue weighted by molar-refractivity contribution is 5.95. The van der Waals surface area contributed by atoms with Crippen molar-refractivity contribution in [2.24, 2.45) is 5.73 Å². The number of aromatic carboxylic acids is 1. The van der Waals surface area contributed by atoms with Crippen molar-refractivity contribution in [2.75, 3.05) is 13.2 Å². The summed E-state index contributed by atoms with van der Waals surface area (Å²) in [5.74, 6) is -0.646. The maximum absolute atomic E-state index is 13.4. The van der Waals surface area contributed by atoms with Crippen LogP contribution in [-0.4, -0.2) is 34.7 Å². The number of benzene rings is 3. The van der Waals surface area contributed by atoms with Gasteiger partial charge in [0, 0.05) is 35.3 Å². The average Bonchev–Trinajstić information content (AvgIpc) is 2.85. The third kappa shape index (κ3) is 5.30. The molecule has 0 aliphatic rings. The number of amidine groups is 1. The highest BCUT2D eigenvalue weighted by Crippen LogP contribution is 2.23. The summed E-state index contributed by atoms with van der Waals surface area (Å²) in [7, 11) is 0. The fourth-order valence-electron chi connectivity index (χ4n) is 3.53. The molecule has 0 amide bonds. The lowest BCUT2D eigenvalue weighted by Crippen LogP contribution is -2.18. The average molecular weight is 475 g/mol. The number of rotatable bonds is 9. The molecule has 0 bridgehead atoms. The van der Waals surface area contributed by atoms with E-state index in [0.29, 0.717) is 47.9 Å². The first-order valence-electron chi connectivity index (χ1n) is 10.7. The van der Waals surface area contributed by atoms with Crippen LogP contribution >= 0.6 is 0 Å². The normalized spacial score (nSPS) is 10.8. The second kappa shape index (κ2) is 10.1. The van der Waals surface area contributed by atoms with Crippen LogP contribution in [0.15, 0.2) is 77.7 Å². The zero-order valence-corrected chi connectivity index (χ0v) is 18.5. The molecule has 0 saturated carbocycles. The monoisotopic (exact) mass is 475 g/mol. The van der Waals surface area contributed by atoms with Gasteiger partial charge in [-0.15, -0.1) is 0 Å². The minimum absolute atomic E-state index is 0.00984. The maximum atomic E-state index is 13.4. The van der Waals surface area contributed by atoms with E-state index in [9.17, 15) is 19.1 Å². The molecule has 0 radical (unpaired) electrons. The number of hydrogen-bond acceptors (Lipinski definition) is 5. The molecule has 0 atom stereocenters. The fraction of sp³-hybridized carbons (Fsp3) is 0.115. The van der Waals surface area contributed by atoms with Gasteiger partial charge in [-0.3, -0.25) is 10.2 Å². The number of nitrogen functional groups attached to an aromatic ring is 1. The molecule has 0 saturated heterocycles. The standard InChI is InChI=1S/C26H22FN3O5/c27-17-4-6-18(7-5-17)30-15-22(26(32)33)24(31)21-11-10-20(14-23(21)30)35-13-1-12-34-19-8-2-16(3-9-19)25(28)29/h2-11,14-15H,1,12-13H2,(H3,28,29)(H,32,33). The van der Waals surface area contributed by atoms with Crippen molar-refractivity contribution in [3.63, 3.8) is 0 Å². The molecule has 35 heavy (non-hydrogen) atoms. The highest BCUT2D eigenvalue weighted by Gasteiger charge is 2.16. The summed E-state index contributed by atoms with van der Waals surface area (Å²) in [5, 5.41) is 17.1. The number of nitrogens with zero attached hydrogens (tertiary/aromatic N) is 1. The van der Waals surface area contributed by atoms with E-state index < -0.39 is 17.2 Å². The van der Waals surface area contributed by atoms with Crippen LogP contribution in [0.3, 0.4) is 0 Å². The predicted octanol–water partition coefficient (Wildman–Crippen LogP) is 3.96. The molecule has 0 aliphatic carbocycles. The zero-order chi connectivity index (χ0) is 24.9. The molecule has 178 valence electrons. The minimum Gasteiger partial charge on any atom is -0.493 e. The molecule has 0 spiro atoms. The molecule has 8 nitrogen and oxygen atoms in total. The summed E-state index contributed by atoms with van der Waals surface area (Å²) in [6, 6.07) is 17.2. The number of carbonyl (C=O) groups is 1. The first-order valence-corrected chi connectivity index (χ1v) is 10.7. The van der Waals surface area contributed by atoms with Crippen molar-refractivity contribution < 1.29 is 23.8 Å². The van der Waals surface area contributed by atoms with Gasteiger partial charge in [-0.25, -0.2) is 9.18 Å². The zero-order valence-electron chi connectivity index (χ0n) is 18.5. The summed E-state index contributed by atoms with van der Waals surface area (Å²) in [4.78, 5) is 24.3. The molecule has 0 fully saturated rings. The first-order chi connectivity index (χ1) is 16.8. The van der Waals surface area contributed by atoms with Crippen LogP contribution in [0.2, 0.25) is 0 Å². The van der Waals surface area contributed by atoms with Crippen molar-refractivity contribution in [1.29, 1.82) is 5.41 Å². The Morgan fingerprint density at radius 3 is 2.23 bits per heavy atom. The Morgan fingerprint density at radius 1 is 0.971 bits per heavy atom. The van der Waals surface area contributed by atoms with Crippen LogP contribution in [0.4, 0.5) is 4.39 Å². The van der Waals surface area contributed by atoms with E-state index in [1.165, 1.54) is 41.1 Å². The third-order valence-electron chi connectivity index (χ3n) is 5.30. The number of hydrogen-bond donors (Lipinski definition) is 3. The Balaban J connectivity index is 1.50. The van der Waals surface area contributed by atoms with Crippen molar-refractivity contribution in [1.82, 2.24) is 4.57 Å². The Hall–Kier alpha value is -4.66. The van der Waals surface area contributed by atoms with Gasteiger partial charge in [0.1, 0.15) is 28.7 Å². The SMILES string of the molecule is N=C(N)c1ccc(OCCCOc2ccc3c(=O)c(C(=O)O)cn(-c4ccc(F)cc4)c3c2)cc1. The maximum Gasteiger partial charge on any atom is 0.341 e. The van der Waals surface area contributed by atoms with Gasteiger partial charge in [0.25, 0.3) is 0 Å². The summed E-state index contributed by atoms with van der Waals surface area (Å²) >= 11 is 0. The van der Waals surface area contributed by atoms with E-state index in [2.05, 4.69) is 0 Å². The van der Waals surface area contributed by atoms with Crippen molar-refractivity contribution >= 4 is 22.7 Å². The molecule has 1 aromatic heterocycles. The second-order valence-corrected chi connectivity index (χ2v) is 7.69. The highest BCUT2D eigenvalue weighted by atomic mass is 19.1.